The summed E-state index contributed by atoms with van der Waals surface area (Å²) in [6.07, 6.45) is 3.58. The van der Waals surface area contributed by atoms with Crippen molar-refractivity contribution in [3.05, 3.63) is 44.8 Å². The van der Waals surface area contributed by atoms with E-state index < -0.39 is 53.6 Å². The SMILES string of the molecule is COC(=O)[C@@H](NP(=[Se])(N[C@H](C(=O)OC)C(C)C)OC[C@@H]1C=C[C@H](n2cc(C)c(=O)[nH]c2=O)O1)C(C)C. The molecule has 3 N–H and O–H groups in total. The topological polar surface area (TPSA) is 150 Å². The Morgan fingerprint density at radius 1 is 1.08 bits per heavy atom. The fourth-order valence-electron chi connectivity index (χ4n) is 3.38. The molecule has 1 aromatic rings. The van der Waals surface area contributed by atoms with E-state index in [1.165, 1.54) is 25.0 Å². The number of esters is 2. The Morgan fingerprint density at radius 3 is 2.08 bits per heavy atom. The molecule has 0 aliphatic carbocycles. The molecular weight excluding hydrogens is 558 g/mol. The molecule has 0 spiro atoms. The van der Waals surface area contributed by atoms with Crippen molar-refractivity contribution < 1.29 is 28.3 Å². The van der Waals surface area contributed by atoms with Gasteiger partial charge in [-0.25, -0.2) is 0 Å². The number of aromatic nitrogens is 2. The van der Waals surface area contributed by atoms with Gasteiger partial charge < -0.3 is 0 Å². The Balaban J connectivity index is 2.24. The van der Waals surface area contributed by atoms with Gasteiger partial charge in [0.25, 0.3) is 0 Å². The second-order valence-corrected chi connectivity index (χ2v) is 14.1. The molecule has 2 rings (SSSR count). The molecule has 1 aromatic heterocycles. The van der Waals surface area contributed by atoms with Crippen LogP contribution in [0.15, 0.2) is 27.9 Å². The number of nitrogens with one attached hydrogen (secondary N) is 3. The standard InChI is InChI=1S/C22H35N4O8PSe/c1-12(2)17(20(28)31-6)24-35(36,25-18(13(3)4)21(29)32-7)33-11-15-8-9-16(34-15)26-10-14(5)19(27)23-22(26)30/h8-10,12-13,15-18H,11H2,1-7H3,(H,23,27,30)(H2,24,25,36)/t15-,16+,17-,18-/m0/s1. The number of ether oxygens (including phenoxy) is 3. The van der Waals surface area contributed by atoms with E-state index in [0.717, 1.165) is 0 Å². The van der Waals surface area contributed by atoms with Gasteiger partial charge in [-0.2, -0.15) is 0 Å². The number of carbonyl (C=O) groups excluding carboxylic acids is 2. The molecule has 0 bridgehead atoms. The number of aromatic amines is 1. The van der Waals surface area contributed by atoms with Gasteiger partial charge in [-0.05, 0) is 0 Å². The maximum atomic E-state index is 12.4. The van der Waals surface area contributed by atoms with Gasteiger partial charge in [0.05, 0.1) is 0 Å². The molecule has 0 fully saturated rings. The van der Waals surface area contributed by atoms with E-state index in [1.807, 2.05) is 27.7 Å². The second kappa shape index (κ2) is 13.1. The van der Waals surface area contributed by atoms with Gasteiger partial charge in [-0.1, -0.05) is 0 Å². The van der Waals surface area contributed by atoms with Crippen molar-refractivity contribution in [1.29, 1.82) is 0 Å². The molecule has 0 saturated carbocycles. The minimum atomic E-state index is -2.95. The fourth-order valence-corrected chi connectivity index (χ4v) is 7.31. The summed E-state index contributed by atoms with van der Waals surface area (Å²) < 4.78 is 23.3. The number of hydrogen-bond donors (Lipinski definition) is 3. The predicted molar refractivity (Wildman–Crippen MR) is 135 cm³/mol. The Labute approximate surface area is 217 Å². The summed E-state index contributed by atoms with van der Waals surface area (Å²) >= 11 is 2.99. The van der Waals surface area contributed by atoms with Gasteiger partial charge in [0.1, 0.15) is 0 Å². The van der Waals surface area contributed by atoms with E-state index in [2.05, 4.69) is 30.3 Å². The first-order valence-electron chi connectivity index (χ1n) is 11.4. The number of H-pyrrole nitrogens is 1. The van der Waals surface area contributed by atoms with Crippen molar-refractivity contribution in [3.8, 4) is 0 Å². The third-order valence-electron chi connectivity index (χ3n) is 5.51. The summed E-state index contributed by atoms with van der Waals surface area (Å²) in [5, 5.41) is 6.40. The fraction of sp³-hybridized carbons (Fsp3) is 0.636. The van der Waals surface area contributed by atoms with Crippen LogP contribution in [0, 0.1) is 18.8 Å². The monoisotopic (exact) mass is 594 g/mol. The van der Waals surface area contributed by atoms with E-state index in [0.29, 0.717) is 5.56 Å². The molecule has 0 amide bonds. The van der Waals surface area contributed by atoms with Gasteiger partial charge in [-0.3, -0.25) is 0 Å². The Kier molecular flexibility index (Phi) is 11.0. The zero-order valence-corrected chi connectivity index (χ0v) is 24.1. The number of hydrogen-bond acceptors (Lipinski definition) is 10. The summed E-state index contributed by atoms with van der Waals surface area (Å²) in [4.78, 5) is 51.0. The normalized spacial score (nSPS) is 19.5. The first kappa shape index (κ1) is 30.4. The zero-order chi connectivity index (χ0) is 27.2. The van der Waals surface area contributed by atoms with Gasteiger partial charge in [0.15, 0.2) is 0 Å². The zero-order valence-electron chi connectivity index (χ0n) is 21.5. The maximum absolute atomic E-state index is 12.4. The molecule has 12 nitrogen and oxygen atoms in total. The molecule has 1 aliphatic heterocycles. The van der Waals surface area contributed by atoms with Crippen LogP contribution in [-0.2, 0) is 28.3 Å². The van der Waals surface area contributed by atoms with Crippen molar-refractivity contribution in [3.63, 3.8) is 0 Å². The summed E-state index contributed by atoms with van der Waals surface area (Å²) in [5.41, 5.74) is -0.675. The molecule has 0 saturated heterocycles. The van der Waals surface area contributed by atoms with Crippen LogP contribution in [0.25, 0.3) is 0 Å². The molecule has 36 heavy (non-hydrogen) atoms. The molecule has 0 unspecified atom stereocenters. The average Bonchev–Trinajstić information content (AvgIpc) is 3.29. The van der Waals surface area contributed by atoms with Crippen LogP contribution in [-0.4, -0.2) is 75.6 Å². The van der Waals surface area contributed by atoms with Crippen molar-refractivity contribution in [1.82, 2.24) is 19.7 Å². The molecule has 1 aliphatic rings. The summed E-state index contributed by atoms with van der Waals surface area (Å²) in [6.45, 7) is 9.05. The number of methoxy groups -OCH3 is 2. The summed E-state index contributed by atoms with van der Waals surface area (Å²) in [6, 6.07) is -4.40. The van der Waals surface area contributed by atoms with Gasteiger partial charge >= 0.3 is 218 Å². The van der Waals surface area contributed by atoms with E-state index >= 15 is 0 Å². The van der Waals surface area contributed by atoms with Crippen molar-refractivity contribution in [2.24, 2.45) is 11.8 Å². The Bertz CT molecular complexity index is 1100. The van der Waals surface area contributed by atoms with E-state index in [9.17, 15) is 19.2 Å². The van der Waals surface area contributed by atoms with Crippen molar-refractivity contribution in [2.75, 3.05) is 20.8 Å². The Hall–Kier alpha value is -1.85. The van der Waals surface area contributed by atoms with E-state index in [-0.39, 0.29) is 18.4 Å². The second-order valence-electron chi connectivity index (χ2n) is 9.02. The predicted octanol–water partition coefficient (Wildman–Crippen LogP) is 0.736. The number of nitrogens with zero attached hydrogens (tertiary/aromatic N) is 1. The van der Waals surface area contributed by atoms with Gasteiger partial charge in [0, 0.05) is 0 Å². The molecule has 202 valence electrons. The molecule has 0 aromatic carbocycles. The van der Waals surface area contributed by atoms with E-state index in [1.54, 1.807) is 19.1 Å². The van der Waals surface area contributed by atoms with Crippen LogP contribution in [0.2, 0.25) is 0 Å². The third kappa shape index (κ3) is 7.82. The average molecular weight is 593 g/mol. The number of rotatable bonds is 12. The quantitative estimate of drug-likeness (QED) is 0.137. The summed E-state index contributed by atoms with van der Waals surface area (Å²) in [5.74, 6) is -1.24. The van der Waals surface area contributed by atoms with Crippen LogP contribution in [0.5, 0.6) is 0 Å². The van der Waals surface area contributed by atoms with Crippen LogP contribution in [0.1, 0.15) is 39.5 Å². The number of carbonyl (C=O) groups is 2. The van der Waals surface area contributed by atoms with Crippen LogP contribution >= 0.6 is 6.04 Å². The molecule has 14 heteroatoms. The molecule has 0 radical (unpaired) electrons. The van der Waals surface area contributed by atoms with Gasteiger partial charge in [0.2, 0.25) is 0 Å². The van der Waals surface area contributed by atoms with E-state index in [4.69, 9.17) is 18.7 Å². The van der Waals surface area contributed by atoms with Crippen LogP contribution in [0.4, 0.5) is 0 Å². The summed E-state index contributed by atoms with van der Waals surface area (Å²) in [7, 11) is 2.60. The third-order valence-corrected chi connectivity index (χ3v) is 9.25. The molecular formula is C22H35N4O8PSe. The molecule has 2 heterocycles. The van der Waals surface area contributed by atoms with Crippen molar-refractivity contribution in [2.45, 2.75) is 59.0 Å². The van der Waals surface area contributed by atoms with Crippen LogP contribution < -0.4 is 21.4 Å². The van der Waals surface area contributed by atoms with Gasteiger partial charge in [-0.15, -0.1) is 0 Å². The minimum absolute atomic E-state index is 0.0306. The first-order chi connectivity index (χ1) is 16.8. The molecule has 4 atom stereocenters. The first-order valence-corrected chi connectivity index (χ1v) is 15.4. The number of aryl methyl sites for hydroxylation is 1. The van der Waals surface area contributed by atoms with Crippen molar-refractivity contribution >= 4 is 33.1 Å². The van der Waals surface area contributed by atoms with Crippen LogP contribution in [0.3, 0.4) is 0 Å². The Morgan fingerprint density at radius 2 is 1.61 bits per heavy atom.